The molecule has 0 aromatic heterocycles. The van der Waals surface area contributed by atoms with Crippen LogP contribution in [0.15, 0.2) is 0 Å². The Balaban J connectivity index is 2.13. The van der Waals surface area contributed by atoms with Crippen molar-refractivity contribution in [2.45, 2.75) is 59.8 Å². The Hall–Kier alpha value is -0.120. The van der Waals surface area contributed by atoms with Gasteiger partial charge in [-0.05, 0) is 43.7 Å². The Morgan fingerprint density at radius 2 is 1.57 bits per heavy atom. The third-order valence-electron chi connectivity index (χ3n) is 4.69. The van der Waals surface area contributed by atoms with Crippen molar-refractivity contribution < 1.29 is 5.11 Å². The first-order valence-corrected chi connectivity index (χ1v) is 9.00. The molecule has 0 aromatic rings. The van der Waals surface area contributed by atoms with Crippen molar-refractivity contribution in [3.8, 4) is 0 Å². The molecule has 0 unspecified atom stereocenters. The standard InChI is InChI=1S/C18H38N2O/c1-5-19-11-13-20(14-12-19)10-7-6-8-17(9-15-21)16-18(2,3)4/h17,21H,5-16H2,1-4H3/t17-/m0/s1. The fourth-order valence-corrected chi connectivity index (χ4v) is 3.49. The number of unbranched alkanes of at least 4 members (excludes halogenated alkanes) is 1. The zero-order valence-corrected chi connectivity index (χ0v) is 14.9. The molecule has 0 bridgehead atoms. The average Bonchev–Trinajstić information content (AvgIpc) is 2.43. The van der Waals surface area contributed by atoms with E-state index < -0.39 is 0 Å². The fourth-order valence-electron chi connectivity index (χ4n) is 3.49. The SMILES string of the molecule is CCN1CCN(CCCC[C@@H](CCO)CC(C)(C)C)CC1. The summed E-state index contributed by atoms with van der Waals surface area (Å²) in [6.07, 6.45) is 6.13. The molecule has 21 heavy (non-hydrogen) atoms. The van der Waals surface area contributed by atoms with Crippen molar-refractivity contribution in [2.75, 3.05) is 45.9 Å². The molecule has 3 nitrogen and oxygen atoms in total. The largest absolute Gasteiger partial charge is 0.396 e. The van der Waals surface area contributed by atoms with Crippen molar-refractivity contribution in [3.05, 3.63) is 0 Å². The van der Waals surface area contributed by atoms with E-state index in [9.17, 15) is 5.11 Å². The number of hydrogen-bond acceptors (Lipinski definition) is 3. The molecule has 1 saturated heterocycles. The number of aliphatic hydroxyl groups is 1. The first-order chi connectivity index (χ1) is 9.94. The minimum Gasteiger partial charge on any atom is -0.396 e. The third-order valence-corrected chi connectivity index (χ3v) is 4.69. The van der Waals surface area contributed by atoms with Crippen molar-refractivity contribution >= 4 is 0 Å². The predicted octanol–water partition coefficient (Wildman–Crippen LogP) is 3.23. The van der Waals surface area contributed by atoms with Crippen LogP contribution in [0.2, 0.25) is 0 Å². The van der Waals surface area contributed by atoms with E-state index in [0.29, 0.717) is 17.9 Å². The Kier molecular flexibility index (Phi) is 8.84. The Bertz CT molecular complexity index is 254. The molecule has 1 N–H and O–H groups in total. The van der Waals surface area contributed by atoms with Gasteiger partial charge in [-0.1, -0.05) is 40.5 Å². The van der Waals surface area contributed by atoms with Gasteiger partial charge in [-0.25, -0.2) is 0 Å². The van der Waals surface area contributed by atoms with Crippen LogP contribution in [-0.4, -0.2) is 60.8 Å². The summed E-state index contributed by atoms with van der Waals surface area (Å²) in [5.41, 5.74) is 0.385. The quantitative estimate of drug-likeness (QED) is 0.662. The smallest absolute Gasteiger partial charge is 0.0433 e. The summed E-state index contributed by atoms with van der Waals surface area (Å²) in [6, 6.07) is 0. The van der Waals surface area contributed by atoms with Crippen LogP contribution in [0.1, 0.15) is 59.8 Å². The van der Waals surface area contributed by atoms with Gasteiger partial charge in [0.1, 0.15) is 0 Å². The molecule has 1 fully saturated rings. The lowest BCUT2D eigenvalue weighted by Crippen LogP contribution is -2.46. The minimum absolute atomic E-state index is 0.347. The zero-order valence-electron chi connectivity index (χ0n) is 14.9. The van der Waals surface area contributed by atoms with Crippen LogP contribution in [0.4, 0.5) is 0 Å². The van der Waals surface area contributed by atoms with Gasteiger partial charge in [0, 0.05) is 32.8 Å². The maximum absolute atomic E-state index is 9.23. The molecule has 126 valence electrons. The summed E-state index contributed by atoms with van der Waals surface area (Å²) in [5.74, 6) is 0.701. The molecular weight excluding hydrogens is 260 g/mol. The second-order valence-electron chi connectivity index (χ2n) is 7.91. The molecule has 1 rings (SSSR count). The third kappa shape index (κ3) is 8.80. The molecule has 0 aliphatic carbocycles. The first-order valence-electron chi connectivity index (χ1n) is 9.00. The maximum atomic E-state index is 9.23. The highest BCUT2D eigenvalue weighted by Gasteiger charge is 2.19. The number of rotatable bonds is 9. The van der Waals surface area contributed by atoms with E-state index in [1.54, 1.807) is 0 Å². The maximum Gasteiger partial charge on any atom is 0.0433 e. The summed E-state index contributed by atoms with van der Waals surface area (Å²) in [4.78, 5) is 5.16. The number of hydrogen-bond donors (Lipinski definition) is 1. The molecule has 0 amide bonds. The van der Waals surface area contributed by atoms with Crippen molar-refractivity contribution in [3.63, 3.8) is 0 Å². The lowest BCUT2D eigenvalue weighted by molar-refractivity contribution is 0.134. The van der Waals surface area contributed by atoms with Gasteiger partial charge in [-0.3, -0.25) is 0 Å². The van der Waals surface area contributed by atoms with Crippen molar-refractivity contribution in [1.29, 1.82) is 0 Å². The second-order valence-corrected chi connectivity index (χ2v) is 7.91. The van der Waals surface area contributed by atoms with Crippen LogP contribution in [0.5, 0.6) is 0 Å². The number of aliphatic hydroxyl groups excluding tert-OH is 1. The lowest BCUT2D eigenvalue weighted by Gasteiger charge is -2.34. The summed E-state index contributed by atoms with van der Waals surface area (Å²) in [7, 11) is 0. The monoisotopic (exact) mass is 298 g/mol. The van der Waals surface area contributed by atoms with E-state index in [2.05, 4.69) is 37.5 Å². The van der Waals surface area contributed by atoms with Crippen molar-refractivity contribution in [1.82, 2.24) is 9.80 Å². The summed E-state index contributed by atoms with van der Waals surface area (Å²) < 4.78 is 0. The lowest BCUT2D eigenvalue weighted by atomic mass is 9.81. The van der Waals surface area contributed by atoms with Gasteiger partial charge in [0.2, 0.25) is 0 Å². The molecule has 0 aromatic carbocycles. The number of piperazine rings is 1. The van der Waals surface area contributed by atoms with E-state index >= 15 is 0 Å². The number of nitrogens with zero attached hydrogens (tertiary/aromatic N) is 2. The van der Waals surface area contributed by atoms with Gasteiger partial charge in [-0.15, -0.1) is 0 Å². The Morgan fingerprint density at radius 1 is 0.952 bits per heavy atom. The van der Waals surface area contributed by atoms with E-state index in [-0.39, 0.29) is 0 Å². The van der Waals surface area contributed by atoms with Crippen LogP contribution >= 0.6 is 0 Å². The van der Waals surface area contributed by atoms with E-state index in [1.807, 2.05) is 0 Å². The zero-order chi connectivity index (χ0) is 15.7. The minimum atomic E-state index is 0.347. The van der Waals surface area contributed by atoms with Gasteiger partial charge in [0.15, 0.2) is 0 Å². The summed E-state index contributed by atoms with van der Waals surface area (Å²) in [6.45, 7) is 17.0. The summed E-state index contributed by atoms with van der Waals surface area (Å²) >= 11 is 0. The van der Waals surface area contributed by atoms with Crippen LogP contribution in [-0.2, 0) is 0 Å². The molecule has 0 saturated carbocycles. The number of likely N-dealkylation sites (N-methyl/N-ethyl adjacent to an activating group) is 1. The highest BCUT2D eigenvalue weighted by molar-refractivity contribution is 4.72. The highest BCUT2D eigenvalue weighted by Crippen LogP contribution is 2.29. The normalized spacial score (nSPS) is 19.9. The molecule has 3 heteroatoms. The summed E-state index contributed by atoms with van der Waals surface area (Å²) in [5, 5.41) is 9.23. The van der Waals surface area contributed by atoms with E-state index in [1.165, 1.54) is 65.0 Å². The van der Waals surface area contributed by atoms with Gasteiger partial charge < -0.3 is 14.9 Å². The van der Waals surface area contributed by atoms with Gasteiger partial charge in [0.25, 0.3) is 0 Å². The molecule has 0 radical (unpaired) electrons. The van der Waals surface area contributed by atoms with Crippen LogP contribution in [0.3, 0.4) is 0 Å². The molecule has 1 aliphatic heterocycles. The van der Waals surface area contributed by atoms with Crippen LogP contribution in [0.25, 0.3) is 0 Å². The topological polar surface area (TPSA) is 26.7 Å². The highest BCUT2D eigenvalue weighted by atomic mass is 16.3. The van der Waals surface area contributed by atoms with Crippen LogP contribution in [0, 0.1) is 11.3 Å². The van der Waals surface area contributed by atoms with E-state index in [0.717, 1.165) is 6.42 Å². The molecule has 1 heterocycles. The fraction of sp³-hybridized carbons (Fsp3) is 1.00. The average molecular weight is 299 g/mol. The molecular formula is C18H38N2O. The Morgan fingerprint density at radius 3 is 2.10 bits per heavy atom. The van der Waals surface area contributed by atoms with Gasteiger partial charge in [-0.2, -0.15) is 0 Å². The van der Waals surface area contributed by atoms with Crippen molar-refractivity contribution in [2.24, 2.45) is 11.3 Å². The molecule has 1 atom stereocenters. The molecule has 0 spiro atoms. The van der Waals surface area contributed by atoms with E-state index in [4.69, 9.17) is 0 Å². The second kappa shape index (κ2) is 9.81. The van der Waals surface area contributed by atoms with Gasteiger partial charge >= 0.3 is 0 Å². The predicted molar refractivity (Wildman–Crippen MR) is 91.7 cm³/mol. The van der Waals surface area contributed by atoms with Gasteiger partial charge in [0.05, 0.1) is 0 Å². The Labute approximate surface area is 132 Å². The van der Waals surface area contributed by atoms with Crippen LogP contribution < -0.4 is 0 Å². The first kappa shape index (κ1) is 18.9. The molecule has 1 aliphatic rings.